The van der Waals surface area contributed by atoms with Crippen molar-refractivity contribution in [2.45, 2.75) is 0 Å². The summed E-state index contributed by atoms with van der Waals surface area (Å²) in [7, 11) is 1.90. The zero-order chi connectivity index (χ0) is 14.9. The monoisotopic (exact) mass is 293 g/mol. The minimum atomic E-state index is 0.0752. The van der Waals surface area contributed by atoms with E-state index in [2.05, 4.69) is 12.1 Å². The van der Waals surface area contributed by atoms with Crippen LogP contribution in [0.15, 0.2) is 91.0 Å². The highest BCUT2D eigenvalue weighted by Crippen LogP contribution is 2.08. The highest BCUT2D eigenvalue weighted by Gasteiger charge is 2.06. The Hall–Kier alpha value is -2.24. The lowest BCUT2D eigenvalue weighted by Crippen LogP contribution is -1.99. The number of hydrogen-bond donors (Lipinski definition) is 0. The second kappa shape index (κ2) is 8.14. The van der Waals surface area contributed by atoms with Gasteiger partial charge in [-0.2, -0.15) is 0 Å². The molecule has 1 nitrogen and oxygen atoms in total. The number of benzene rings is 3. The molecule has 3 aromatic carbocycles. The Morgan fingerprint density at radius 1 is 0.571 bits per heavy atom. The van der Waals surface area contributed by atoms with E-state index in [9.17, 15) is 4.79 Å². The molecule has 0 aliphatic carbocycles. The van der Waals surface area contributed by atoms with Crippen LogP contribution in [0.3, 0.4) is 0 Å². The van der Waals surface area contributed by atoms with E-state index in [1.807, 2.05) is 88.1 Å². The molecule has 21 heavy (non-hydrogen) atoms. The highest BCUT2D eigenvalue weighted by molar-refractivity contribution is 7.27. The SMILES string of the molecule is O=C(c1ccccc1)c1ccccc1.[PH3+]c1ccccc1. The Bertz CT molecular complexity index is 622. The van der Waals surface area contributed by atoms with E-state index < -0.39 is 0 Å². The third kappa shape index (κ3) is 4.98. The van der Waals surface area contributed by atoms with Gasteiger partial charge in [-0.15, -0.1) is 0 Å². The van der Waals surface area contributed by atoms with Gasteiger partial charge >= 0.3 is 0 Å². The van der Waals surface area contributed by atoms with Crippen LogP contribution in [0.2, 0.25) is 0 Å². The maximum Gasteiger partial charge on any atom is 0.193 e. The number of carbonyl (C=O) groups excluding carboxylic acids is 1. The largest absolute Gasteiger partial charge is 0.289 e. The van der Waals surface area contributed by atoms with Crippen molar-refractivity contribution in [3.05, 3.63) is 102 Å². The predicted octanol–water partition coefficient (Wildman–Crippen LogP) is 3.84. The van der Waals surface area contributed by atoms with Crippen LogP contribution in [-0.4, -0.2) is 5.78 Å². The molecule has 0 heterocycles. The van der Waals surface area contributed by atoms with Gasteiger partial charge in [-0.3, -0.25) is 4.79 Å². The van der Waals surface area contributed by atoms with Crippen molar-refractivity contribution in [1.82, 2.24) is 0 Å². The van der Waals surface area contributed by atoms with E-state index in [1.54, 1.807) is 0 Å². The average molecular weight is 293 g/mol. The van der Waals surface area contributed by atoms with Crippen LogP contribution in [0.5, 0.6) is 0 Å². The molecule has 0 amide bonds. The van der Waals surface area contributed by atoms with Gasteiger partial charge in [0.05, 0.1) is 5.30 Å². The van der Waals surface area contributed by atoms with Gasteiger partial charge < -0.3 is 0 Å². The lowest BCUT2D eigenvalue weighted by atomic mass is 10.0. The molecule has 0 spiro atoms. The quantitative estimate of drug-likeness (QED) is 0.518. The first kappa shape index (κ1) is 15.2. The topological polar surface area (TPSA) is 17.1 Å². The molecule has 0 saturated heterocycles. The minimum absolute atomic E-state index is 0.0752. The van der Waals surface area contributed by atoms with E-state index in [0.717, 1.165) is 11.1 Å². The second-order valence-corrected chi connectivity index (χ2v) is 5.36. The van der Waals surface area contributed by atoms with Gasteiger partial charge in [0, 0.05) is 20.4 Å². The Morgan fingerprint density at radius 2 is 0.905 bits per heavy atom. The number of hydrogen-bond acceptors (Lipinski definition) is 1. The van der Waals surface area contributed by atoms with Gasteiger partial charge in [-0.1, -0.05) is 78.9 Å². The molecule has 0 saturated carbocycles. The molecule has 104 valence electrons. The van der Waals surface area contributed by atoms with Gasteiger partial charge in [0.25, 0.3) is 0 Å². The normalized spacial score (nSPS) is 9.52. The number of carbonyl (C=O) groups is 1. The highest BCUT2D eigenvalue weighted by atomic mass is 31.0. The van der Waals surface area contributed by atoms with Gasteiger partial charge in [0.1, 0.15) is 0 Å². The van der Waals surface area contributed by atoms with Crippen molar-refractivity contribution in [2.24, 2.45) is 0 Å². The standard InChI is InChI=1S/C13H10O.C6H7P/c14-13(11-7-3-1-4-8-11)12-9-5-2-6-10-12;7-6-4-2-1-3-5-6/h1-10H;1-5H,7H2/p+1. The fraction of sp³-hybridized carbons (Fsp3) is 0. The first-order chi connectivity index (χ1) is 10.3. The summed E-state index contributed by atoms with van der Waals surface area (Å²) in [4.78, 5) is 11.8. The van der Waals surface area contributed by atoms with Gasteiger partial charge in [0.2, 0.25) is 0 Å². The zero-order valence-corrected chi connectivity index (χ0v) is 13.2. The molecule has 2 heteroatoms. The third-order valence-corrected chi connectivity index (χ3v) is 3.39. The molecule has 0 radical (unpaired) electrons. The second-order valence-electron chi connectivity index (χ2n) is 4.55. The third-order valence-electron chi connectivity index (χ3n) is 2.91. The van der Waals surface area contributed by atoms with E-state index in [1.165, 1.54) is 5.30 Å². The maximum atomic E-state index is 11.8. The van der Waals surface area contributed by atoms with Gasteiger partial charge in [-0.25, -0.2) is 0 Å². The fourth-order valence-corrected chi connectivity index (χ4v) is 2.10. The van der Waals surface area contributed by atoms with Crippen molar-refractivity contribution in [2.75, 3.05) is 0 Å². The van der Waals surface area contributed by atoms with Gasteiger partial charge in [-0.05, 0) is 12.1 Å². The summed E-state index contributed by atoms with van der Waals surface area (Å²) in [5, 5.41) is 1.35. The average Bonchev–Trinajstić information content (AvgIpc) is 2.57. The summed E-state index contributed by atoms with van der Waals surface area (Å²) in [5.41, 5.74) is 1.47. The Balaban J connectivity index is 0.000000194. The summed E-state index contributed by atoms with van der Waals surface area (Å²) in [6.07, 6.45) is 0. The summed E-state index contributed by atoms with van der Waals surface area (Å²) in [5.74, 6) is 0.0752. The van der Waals surface area contributed by atoms with Crippen molar-refractivity contribution in [3.8, 4) is 0 Å². The van der Waals surface area contributed by atoms with E-state index in [-0.39, 0.29) is 5.78 Å². The molecule has 0 N–H and O–H groups in total. The summed E-state index contributed by atoms with van der Waals surface area (Å²) >= 11 is 0. The molecule has 3 aromatic rings. The summed E-state index contributed by atoms with van der Waals surface area (Å²) in [6.45, 7) is 0. The Labute approximate surface area is 127 Å². The van der Waals surface area contributed by atoms with Crippen LogP contribution in [-0.2, 0) is 0 Å². The summed E-state index contributed by atoms with van der Waals surface area (Å²) < 4.78 is 0. The fourth-order valence-electron chi connectivity index (χ4n) is 1.82. The minimum Gasteiger partial charge on any atom is -0.289 e. The van der Waals surface area contributed by atoms with E-state index in [4.69, 9.17) is 0 Å². The number of ketones is 1. The number of rotatable bonds is 2. The molecule has 0 bridgehead atoms. The van der Waals surface area contributed by atoms with Crippen LogP contribution in [0.1, 0.15) is 15.9 Å². The Morgan fingerprint density at radius 3 is 1.19 bits per heavy atom. The van der Waals surface area contributed by atoms with Crippen molar-refractivity contribution < 1.29 is 4.79 Å². The maximum absolute atomic E-state index is 11.8. The van der Waals surface area contributed by atoms with Crippen LogP contribution in [0.25, 0.3) is 0 Å². The van der Waals surface area contributed by atoms with Crippen LogP contribution >= 0.6 is 9.24 Å². The molecular weight excluding hydrogens is 275 g/mol. The van der Waals surface area contributed by atoms with Gasteiger partial charge in [0.15, 0.2) is 5.78 Å². The first-order valence-corrected chi connectivity index (χ1v) is 7.50. The Kier molecular flexibility index (Phi) is 5.87. The lowest BCUT2D eigenvalue weighted by molar-refractivity contribution is 0.103. The van der Waals surface area contributed by atoms with Crippen molar-refractivity contribution in [1.29, 1.82) is 0 Å². The zero-order valence-electron chi connectivity index (χ0n) is 11.8. The van der Waals surface area contributed by atoms with Crippen LogP contribution in [0.4, 0.5) is 0 Å². The molecule has 0 aliphatic rings. The molecule has 1 atom stereocenters. The molecule has 0 aromatic heterocycles. The molecule has 1 unspecified atom stereocenters. The predicted molar refractivity (Wildman–Crippen MR) is 93.5 cm³/mol. The van der Waals surface area contributed by atoms with Crippen LogP contribution in [0, 0.1) is 0 Å². The van der Waals surface area contributed by atoms with E-state index in [0.29, 0.717) is 0 Å². The first-order valence-electron chi connectivity index (χ1n) is 6.79. The summed E-state index contributed by atoms with van der Waals surface area (Å²) in [6, 6.07) is 28.9. The van der Waals surface area contributed by atoms with E-state index >= 15 is 0 Å². The molecule has 3 rings (SSSR count). The molecule has 0 fully saturated rings. The smallest absolute Gasteiger partial charge is 0.193 e. The molecule has 0 aliphatic heterocycles. The lowest BCUT2D eigenvalue weighted by Gasteiger charge is -1.99. The van der Waals surface area contributed by atoms with Crippen molar-refractivity contribution in [3.63, 3.8) is 0 Å². The molecular formula is C19H18OP+. The van der Waals surface area contributed by atoms with Crippen molar-refractivity contribution >= 4 is 20.3 Å². The van der Waals surface area contributed by atoms with Crippen LogP contribution < -0.4 is 5.30 Å².